The number of nitrogens with two attached hydrogens (primary N) is 1. The van der Waals surface area contributed by atoms with Gasteiger partial charge in [-0.3, -0.25) is 0 Å². The van der Waals surface area contributed by atoms with Gasteiger partial charge in [0.25, 0.3) is 0 Å². The Labute approximate surface area is 141 Å². The van der Waals surface area contributed by atoms with Gasteiger partial charge in [-0.1, -0.05) is 25.9 Å². The number of rotatable bonds is 5. The molecule has 0 aliphatic carbocycles. The third-order valence-electron chi connectivity index (χ3n) is 3.16. The van der Waals surface area contributed by atoms with Gasteiger partial charge in [-0.25, -0.2) is 4.99 Å². The highest BCUT2D eigenvalue weighted by molar-refractivity contribution is 5.92. The highest BCUT2D eigenvalue weighted by Crippen LogP contribution is 2.29. The van der Waals surface area contributed by atoms with Crippen LogP contribution in [-0.4, -0.2) is 30.3 Å². The molecule has 0 bridgehead atoms. The van der Waals surface area contributed by atoms with Crippen molar-refractivity contribution in [2.75, 3.05) is 19.5 Å². The van der Waals surface area contributed by atoms with Crippen LogP contribution in [0.25, 0.3) is 0 Å². The monoisotopic (exact) mass is 333 g/mol. The number of hydrogen-bond donors (Lipinski definition) is 2. The number of methoxy groups -OCH3 is 2. The van der Waals surface area contributed by atoms with Gasteiger partial charge in [0.15, 0.2) is 23.3 Å². The fourth-order valence-corrected chi connectivity index (χ4v) is 1.88. The molecule has 0 radical (unpaired) electrons. The minimum Gasteiger partial charge on any atom is -0.493 e. The van der Waals surface area contributed by atoms with E-state index in [1.165, 1.54) is 0 Å². The molecule has 130 valence electrons. The second-order valence-corrected chi connectivity index (χ2v) is 6.16. The summed E-state index contributed by atoms with van der Waals surface area (Å²) in [5.74, 6) is 2.53. The van der Waals surface area contributed by atoms with E-state index in [9.17, 15) is 0 Å². The van der Waals surface area contributed by atoms with Crippen LogP contribution in [0, 0.1) is 0 Å². The van der Waals surface area contributed by atoms with Crippen LogP contribution in [-0.2, 0) is 12.0 Å². The van der Waals surface area contributed by atoms with E-state index < -0.39 is 0 Å². The van der Waals surface area contributed by atoms with Crippen molar-refractivity contribution in [3.63, 3.8) is 0 Å². The van der Waals surface area contributed by atoms with E-state index in [0.717, 1.165) is 5.69 Å². The Hall–Kier alpha value is -2.77. The quantitative estimate of drug-likeness (QED) is 0.638. The topological polar surface area (TPSA) is 108 Å². The first-order valence-corrected chi connectivity index (χ1v) is 7.45. The second kappa shape index (κ2) is 7.20. The molecule has 0 unspecified atom stereocenters. The van der Waals surface area contributed by atoms with Crippen LogP contribution < -0.4 is 20.5 Å². The van der Waals surface area contributed by atoms with Gasteiger partial charge in [0, 0.05) is 17.2 Å². The SMILES string of the molecule is COc1ccc(NC(N)=NCc2noc(C(C)(C)C)n2)cc1OC. The summed E-state index contributed by atoms with van der Waals surface area (Å²) in [5.41, 5.74) is 6.43. The van der Waals surface area contributed by atoms with Gasteiger partial charge in [-0.05, 0) is 12.1 Å². The maximum absolute atomic E-state index is 5.89. The lowest BCUT2D eigenvalue weighted by molar-refractivity contribution is 0.318. The number of anilines is 1. The number of ether oxygens (including phenoxy) is 2. The lowest BCUT2D eigenvalue weighted by Crippen LogP contribution is -2.22. The molecule has 0 aliphatic rings. The summed E-state index contributed by atoms with van der Waals surface area (Å²) < 4.78 is 15.6. The fourth-order valence-electron chi connectivity index (χ4n) is 1.88. The summed E-state index contributed by atoms with van der Waals surface area (Å²) in [6, 6.07) is 5.37. The molecule has 0 atom stereocenters. The van der Waals surface area contributed by atoms with Gasteiger partial charge in [0.2, 0.25) is 5.89 Å². The molecule has 0 spiro atoms. The molecule has 24 heavy (non-hydrogen) atoms. The first-order valence-electron chi connectivity index (χ1n) is 7.45. The van der Waals surface area contributed by atoms with Gasteiger partial charge < -0.3 is 25.0 Å². The Bertz CT molecular complexity index is 719. The van der Waals surface area contributed by atoms with Gasteiger partial charge in [-0.15, -0.1) is 0 Å². The van der Waals surface area contributed by atoms with E-state index in [1.54, 1.807) is 26.4 Å². The molecule has 1 heterocycles. The van der Waals surface area contributed by atoms with Crippen LogP contribution in [0.15, 0.2) is 27.7 Å². The Morgan fingerprint density at radius 3 is 2.54 bits per heavy atom. The van der Waals surface area contributed by atoms with E-state index in [0.29, 0.717) is 23.2 Å². The van der Waals surface area contributed by atoms with E-state index in [4.69, 9.17) is 19.7 Å². The molecule has 8 heteroatoms. The summed E-state index contributed by atoms with van der Waals surface area (Å²) in [6.07, 6.45) is 0. The summed E-state index contributed by atoms with van der Waals surface area (Å²) in [5, 5.41) is 6.88. The molecule has 1 aromatic heterocycles. The molecule has 0 fully saturated rings. The van der Waals surface area contributed by atoms with E-state index >= 15 is 0 Å². The van der Waals surface area contributed by atoms with Crippen molar-refractivity contribution < 1.29 is 14.0 Å². The van der Waals surface area contributed by atoms with E-state index in [2.05, 4.69) is 20.4 Å². The zero-order valence-corrected chi connectivity index (χ0v) is 14.6. The van der Waals surface area contributed by atoms with Crippen molar-refractivity contribution in [3.8, 4) is 11.5 Å². The van der Waals surface area contributed by atoms with E-state index in [1.807, 2.05) is 26.8 Å². The fraction of sp³-hybridized carbons (Fsp3) is 0.438. The maximum Gasteiger partial charge on any atom is 0.232 e. The first kappa shape index (κ1) is 17.6. The average molecular weight is 333 g/mol. The third-order valence-corrected chi connectivity index (χ3v) is 3.16. The summed E-state index contributed by atoms with van der Waals surface area (Å²) in [7, 11) is 3.15. The number of aromatic nitrogens is 2. The molecule has 0 aliphatic heterocycles. The van der Waals surface area contributed by atoms with Gasteiger partial charge in [0.05, 0.1) is 14.2 Å². The maximum atomic E-state index is 5.89. The van der Waals surface area contributed by atoms with Crippen LogP contribution in [0.2, 0.25) is 0 Å². The van der Waals surface area contributed by atoms with E-state index in [-0.39, 0.29) is 17.9 Å². The largest absolute Gasteiger partial charge is 0.493 e. The normalized spacial score (nSPS) is 12.1. The number of nitrogens with zero attached hydrogens (tertiary/aromatic N) is 3. The zero-order valence-electron chi connectivity index (χ0n) is 14.6. The van der Waals surface area contributed by atoms with Crippen LogP contribution in [0.3, 0.4) is 0 Å². The Balaban J connectivity index is 2.03. The predicted molar refractivity (Wildman–Crippen MR) is 91.5 cm³/mol. The van der Waals surface area contributed by atoms with Gasteiger partial charge in [-0.2, -0.15) is 4.98 Å². The molecule has 3 N–H and O–H groups in total. The number of hydrogen-bond acceptors (Lipinski definition) is 6. The van der Waals surface area contributed by atoms with Crippen LogP contribution in [0.5, 0.6) is 11.5 Å². The zero-order chi connectivity index (χ0) is 17.7. The molecule has 8 nitrogen and oxygen atoms in total. The molecule has 0 saturated heterocycles. The van der Waals surface area contributed by atoms with Gasteiger partial charge in [0.1, 0.15) is 6.54 Å². The van der Waals surface area contributed by atoms with Crippen LogP contribution >= 0.6 is 0 Å². The molecule has 2 rings (SSSR count). The molecule has 0 saturated carbocycles. The second-order valence-electron chi connectivity index (χ2n) is 6.16. The van der Waals surface area contributed by atoms with Crippen molar-refractivity contribution in [1.29, 1.82) is 0 Å². The van der Waals surface area contributed by atoms with Gasteiger partial charge >= 0.3 is 0 Å². The number of aliphatic imine (C=N–C) groups is 1. The molecule has 2 aromatic rings. The number of benzene rings is 1. The summed E-state index contributed by atoms with van der Waals surface area (Å²) >= 11 is 0. The lowest BCUT2D eigenvalue weighted by Gasteiger charge is -2.10. The van der Waals surface area contributed by atoms with Crippen LogP contribution in [0.1, 0.15) is 32.5 Å². The number of guanidine groups is 1. The highest BCUT2D eigenvalue weighted by atomic mass is 16.5. The lowest BCUT2D eigenvalue weighted by atomic mass is 9.97. The van der Waals surface area contributed by atoms with Crippen molar-refractivity contribution >= 4 is 11.6 Å². The molecular formula is C16H23N5O3. The number of nitrogens with one attached hydrogen (secondary N) is 1. The molecular weight excluding hydrogens is 310 g/mol. The molecule has 1 aromatic carbocycles. The first-order chi connectivity index (χ1) is 11.3. The van der Waals surface area contributed by atoms with Crippen molar-refractivity contribution in [2.24, 2.45) is 10.7 Å². The molecule has 0 amide bonds. The van der Waals surface area contributed by atoms with Crippen LogP contribution in [0.4, 0.5) is 5.69 Å². The van der Waals surface area contributed by atoms with Crippen molar-refractivity contribution in [3.05, 3.63) is 29.9 Å². The summed E-state index contributed by atoms with van der Waals surface area (Å²) in [6.45, 7) is 6.23. The minimum atomic E-state index is -0.196. The third kappa shape index (κ3) is 4.37. The standard InChI is InChI=1S/C16H23N5O3/c1-16(2,3)14-20-13(21-24-14)9-18-15(17)19-10-6-7-11(22-4)12(8-10)23-5/h6-8H,9H2,1-5H3,(H3,17,18,19). The Morgan fingerprint density at radius 1 is 1.25 bits per heavy atom. The smallest absolute Gasteiger partial charge is 0.232 e. The Morgan fingerprint density at radius 2 is 1.96 bits per heavy atom. The summed E-state index contributed by atoms with van der Waals surface area (Å²) in [4.78, 5) is 8.52. The van der Waals surface area contributed by atoms with Crippen molar-refractivity contribution in [1.82, 2.24) is 10.1 Å². The minimum absolute atomic E-state index is 0.196. The average Bonchev–Trinajstić information content (AvgIpc) is 3.02. The highest BCUT2D eigenvalue weighted by Gasteiger charge is 2.21. The van der Waals surface area contributed by atoms with Crippen molar-refractivity contribution in [2.45, 2.75) is 32.7 Å². The predicted octanol–water partition coefficient (Wildman–Crippen LogP) is 2.31. The Kier molecular flexibility index (Phi) is 5.28.